The van der Waals surface area contributed by atoms with E-state index in [4.69, 9.17) is 5.73 Å². The van der Waals surface area contributed by atoms with Crippen molar-refractivity contribution in [2.24, 2.45) is 0 Å². The average Bonchev–Trinajstić information content (AvgIpc) is 2.83. The Morgan fingerprint density at radius 3 is 2.27 bits per heavy atom. The molecular formula is C25H27N. The van der Waals surface area contributed by atoms with Crippen molar-refractivity contribution < 1.29 is 0 Å². The second-order valence-corrected chi connectivity index (χ2v) is 8.95. The largest absolute Gasteiger partial charge is 0.398 e. The summed E-state index contributed by atoms with van der Waals surface area (Å²) in [7, 11) is 0. The summed E-state index contributed by atoms with van der Waals surface area (Å²) < 4.78 is 0. The van der Waals surface area contributed by atoms with E-state index in [2.05, 4.69) is 95.3 Å². The SMILES string of the molecule is CC(C)(C)c1cccc(-c2c(N)ccc3c2C(C)(C)c2ccccc2-3)c1. The fourth-order valence-corrected chi connectivity index (χ4v) is 4.34. The van der Waals surface area contributed by atoms with E-state index in [1.165, 1.54) is 38.9 Å². The van der Waals surface area contributed by atoms with Gasteiger partial charge in [0.15, 0.2) is 0 Å². The molecule has 0 aromatic heterocycles. The van der Waals surface area contributed by atoms with E-state index in [0.717, 1.165) is 5.69 Å². The number of anilines is 1. The molecule has 26 heavy (non-hydrogen) atoms. The van der Waals surface area contributed by atoms with Crippen LogP contribution in [0.15, 0.2) is 60.7 Å². The summed E-state index contributed by atoms with van der Waals surface area (Å²) in [6.45, 7) is 11.4. The van der Waals surface area contributed by atoms with Crippen LogP contribution in [0.2, 0.25) is 0 Å². The maximum atomic E-state index is 6.54. The number of rotatable bonds is 1. The Kier molecular flexibility index (Phi) is 3.56. The lowest BCUT2D eigenvalue weighted by atomic mass is 9.77. The smallest absolute Gasteiger partial charge is 0.0397 e. The Hall–Kier alpha value is -2.54. The van der Waals surface area contributed by atoms with Gasteiger partial charge in [-0.25, -0.2) is 0 Å². The van der Waals surface area contributed by atoms with Crippen LogP contribution < -0.4 is 5.73 Å². The van der Waals surface area contributed by atoms with Gasteiger partial charge >= 0.3 is 0 Å². The lowest BCUT2D eigenvalue weighted by Crippen LogP contribution is -2.17. The first-order valence-corrected chi connectivity index (χ1v) is 9.35. The number of hydrogen-bond acceptors (Lipinski definition) is 1. The molecule has 0 heterocycles. The normalized spacial score (nSPS) is 14.8. The summed E-state index contributed by atoms with van der Waals surface area (Å²) in [5, 5.41) is 0. The second-order valence-electron chi connectivity index (χ2n) is 8.95. The molecule has 0 bridgehead atoms. The first-order chi connectivity index (χ1) is 12.2. The number of benzene rings is 3. The van der Waals surface area contributed by atoms with Gasteiger partial charge in [-0.05, 0) is 44.9 Å². The van der Waals surface area contributed by atoms with E-state index in [9.17, 15) is 0 Å². The van der Waals surface area contributed by atoms with Gasteiger partial charge in [-0.2, -0.15) is 0 Å². The van der Waals surface area contributed by atoms with Gasteiger partial charge in [-0.15, -0.1) is 0 Å². The van der Waals surface area contributed by atoms with Gasteiger partial charge < -0.3 is 5.73 Å². The molecule has 0 saturated carbocycles. The van der Waals surface area contributed by atoms with Crippen LogP contribution in [0.1, 0.15) is 51.3 Å². The molecule has 1 aliphatic carbocycles. The molecular weight excluding hydrogens is 314 g/mol. The zero-order valence-electron chi connectivity index (χ0n) is 16.4. The van der Waals surface area contributed by atoms with Crippen LogP contribution in [0.4, 0.5) is 5.69 Å². The number of nitrogens with two attached hydrogens (primary N) is 1. The number of nitrogen functional groups attached to an aromatic ring is 1. The van der Waals surface area contributed by atoms with E-state index in [-0.39, 0.29) is 10.8 Å². The minimum atomic E-state index is -0.0611. The molecule has 0 saturated heterocycles. The molecule has 1 nitrogen and oxygen atoms in total. The summed E-state index contributed by atoms with van der Waals surface area (Å²) in [5.74, 6) is 0. The summed E-state index contributed by atoms with van der Waals surface area (Å²) in [4.78, 5) is 0. The third-order valence-corrected chi connectivity index (χ3v) is 5.77. The van der Waals surface area contributed by atoms with Gasteiger partial charge in [0.05, 0.1) is 0 Å². The molecule has 0 spiro atoms. The summed E-state index contributed by atoms with van der Waals surface area (Å²) in [6, 6.07) is 21.9. The van der Waals surface area contributed by atoms with E-state index in [0.29, 0.717) is 0 Å². The third kappa shape index (κ3) is 2.38. The molecule has 3 aromatic carbocycles. The predicted octanol–water partition coefficient (Wildman–Crippen LogP) is 6.54. The summed E-state index contributed by atoms with van der Waals surface area (Å²) in [6.07, 6.45) is 0. The number of hydrogen-bond donors (Lipinski definition) is 1. The Labute approximate surface area is 156 Å². The molecule has 132 valence electrons. The maximum absolute atomic E-state index is 6.54. The van der Waals surface area contributed by atoms with Crippen molar-refractivity contribution in [3.05, 3.63) is 77.4 Å². The van der Waals surface area contributed by atoms with Crippen LogP contribution in [0.3, 0.4) is 0 Å². The van der Waals surface area contributed by atoms with Crippen LogP contribution >= 0.6 is 0 Å². The zero-order chi connectivity index (χ0) is 18.7. The van der Waals surface area contributed by atoms with Crippen molar-refractivity contribution in [3.8, 4) is 22.3 Å². The first kappa shape index (κ1) is 16.9. The molecule has 0 fully saturated rings. The standard InChI is InChI=1S/C25H27N/c1-24(2,3)17-10-8-9-16(15-17)22-21(26)14-13-19-18-11-6-7-12-20(18)25(4,5)23(19)22/h6-15H,26H2,1-5H3. The average molecular weight is 341 g/mol. The molecule has 0 radical (unpaired) electrons. The molecule has 0 unspecified atom stereocenters. The van der Waals surface area contributed by atoms with Crippen LogP contribution in [0.5, 0.6) is 0 Å². The second kappa shape index (κ2) is 5.48. The summed E-state index contributed by atoms with van der Waals surface area (Å²) >= 11 is 0. The van der Waals surface area contributed by atoms with Gasteiger partial charge in [-0.3, -0.25) is 0 Å². The third-order valence-electron chi connectivity index (χ3n) is 5.77. The molecule has 2 N–H and O–H groups in total. The van der Waals surface area contributed by atoms with Crippen molar-refractivity contribution in [1.82, 2.24) is 0 Å². The molecule has 0 atom stereocenters. The minimum absolute atomic E-state index is 0.0611. The molecule has 0 amide bonds. The Morgan fingerprint density at radius 2 is 1.54 bits per heavy atom. The molecule has 4 rings (SSSR count). The van der Waals surface area contributed by atoms with Gasteiger partial charge in [0.25, 0.3) is 0 Å². The van der Waals surface area contributed by atoms with Crippen LogP contribution in [-0.2, 0) is 10.8 Å². The van der Waals surface area contributed by atoms with Crippen molar-refractivity contribution >= 4 is 5.69 Å². The highest BCUT2D eigenvalue weighted by molar-refractivity contribution is 5.93. The molecule has 1 heteroatoms. The van der Waals surface area contributed by atoms with Gasteiger partial charge in [0.2, 0.25) is 0 Å². The minimum Gasteiger partial charge on any atom is -0.398 e. The van der Waals surface area contributed by atoms with Crippen molar-refractivity contribution in [3.63, 3.8) is 0 Å². The Morgan fingerprint density at radius 1 is 0.808 bits per heavy atom. The van der Waals surface area contributed by atoms with Gasteiger partial charge in [-0.1, -0.05) is 89.2 Å². The lowest BCUT2D eigenvalue weighted by molar-refractivity contribution is 0.590. The quantitative estimate of drug-likeness (QED) is 0.500. The van der Waals surface area contributed by atoms with Crippen LogP contribution in [0.25, 0.3) is 22.3 Å². The Balaban J connectivity index is 2.02. The topological polar surface area (TPSA) is 26.0 Å². The monoisotopic (exact) mass is 341 g/mol. The lowest BCUT2D eigenvalue weighted by Gasteiger charge is -2.26. The first-order valence-electron chi connectivity index (χ1n) is 9.35. The van der Waals surface area contributed by atoms with Gasteiger partial charge in [0.1, 0.15) is 0 Å². The molecule has 3 aromatic rings. The Bertz CT molecular complexity index is 1000. The fourth-order valence-electron chi connectivity index (χ4n) is 4.34. The zero-order valence-corrected chi connectivity index (χ0v) is 16.4. The highest BCUT2D eigenvalue weighted by Gasteiger charge is 2.38. The molecule has 0 aliphatic heterocycles. The van der Waals surface area contributed by atoms with Crippen molar-refractivity contribution in [1.29, 1.82) is 0 Å². The van der Waals surface area contributed by atoms with E-state index < -0.39 is 0 Å². The van der Waals surface area contributed by atoms with Crippen molar-refractivity contribution in [2.45, 2.75) is 45.4 Å². The molecule has 1 aliphatic rings. The highest BCUT2D eigenvalue weighted by Crippen LogP contribution is 2.53. The fraction of sp³-hybridized carbons (Fsp3) is 0.280. The highest BCUT2D eigenvalue weighted by atomic mass is 14.6. The number of fused-ring (bicyclic) bond motifs is 3. The van der Waals surface area contributed by atoms with E-state index in [1.54, 1.807) is 0 Å². The van der Waals surface area contributed by atoms with Crippen LogP contribution in [0, 0.1) is 0 Å². The van der Waals surface area contributed by atoms with E-state index in [1.807, 2.05) is 0 Å². The predicted molar refractivity (Wildman–Crippen MR) is 113 cm³/mol. The van der Waals surface area contributed by atoms with E-state index >= 15 is 0 Å². The van der Waals surface area contributed by atoms with Crippen LogP contribution in [-0.4, -0.2) is 0 Å². The summed E-state index contributed by atoms with van der Waals surface area (Å²) in [5.41, 5.74) is 16.6. The van der Waals surface area contributed by atoms with Gasteiger partial charge in [0, 0.05) is 16.7 Å². The maximum Gasteiger partial charge on any atom is 0.0397 e. The van der Waals surface area contributed by atoms with Crippen molar-refractivity contribution in [2.75, 3.05) is 5.73 Å².